The van der Waals surface area contributed by atoms with Crippen molar-refractivity contribution >= 4 is 51.4 Å². The van der Waals surface area contributed by atoms with E-state index in [9.17, 15) is 9.59 Å². The molecular formula is C23H24N4O2S2. The molecule has 1 saturated heterocycles. The molecule has 1 fully saturated rings. The SMILES string of the molecule is CC(=O)N(c1ccccc1)c1nc(/C=C/C(=O)N2CCN(Cc3ccsc3)CC2)cs1. The van der Waals surface area contributed by atoms with Crippen molar-refractivity contribution < 1.29 is 9.59 Å². The average Bonchev–Trinajstić information content (AvgIpc) is 3.46. The predicted octanol–water partition coefficient (Wildman–Crippen LogP) is 4.25. The van der Waals surface area contributed by atoms with Crippen LogP contribution >= 0.6 is 22.7 Å². The van der Waals surface area contributed by atoms with Crippen molar-refractivity contribution in [2.45, 2.75) is 13.5 Å². The summed E-state index contributed by atoms with van der Waals surface area (Å²) in [6, 6.07) is 11.6. The van der Waals surface area contributed by atoms with Gasteiger partial charge in [0.05, 0.1) is 11.4 Å². The molecule has 0 radical (unpaired) electrons. The Hall–Kier alpha value is -2.81. The number of thiazole rings is 1. The van der Waals surface area contributed by atoms with Gasteiger partial charge >= 0.3 is 0 Å². The first-order valence-corrected chi connectivity index (χ1v) is 11.9. The second-order valence-corrected chi connectivity index (χ2v) is 8.93. The van der Waals surface area contributed by atoms with E-state index >= 15 is 0 Å². The molecular weight excluding hydrogens is 428 g/mol. The highest BCUT2D eigenvalue weighted by atomic mass is 32.1. The topological polar surface area (TPSA) is 56.8 Å². The molecule has 0 N–H and O–H groups in total. The van der Waals surface area contributed by atoms with Gasteiger partial charge in [-0.3, -0.25) is 19.4 Å². The van der Waals surface area contributed by atoms with E-state index < -0.39 is 0 Å². The fraction of sp³-hybridized carbons (Fsp3) is 0.261. The first-order chi connectivity index (χ1) is 15.1. The molecule has 8 heteroatoms. The molecule has 1 aromatic carbocycles. The van der Waals surface area contributed by atoms with Gasteiger partial charge < -0.3 is 4.90 Å². The lowest BCUT2D eigenvalue weighted by molar-refractivity contribution is -0.127. The lowest BCUT2D eigenvalue weighted by atomic mass is 10.2. The number of benzene rings is 1. The van der Waals surface area contributed by atoms with Gasteiger partial charge in [-0.25, -0.2) is 4.98 Å². The molecule has 4 rings (SSSR count). The summed E-state index contributed by atoms with van der Waals surface area (Å²) in [7, 11) is 0. The smallest absolute Gasteiger partial charge is 0.246 e. The van der Waals surface area contributed by atoms with Crippen LogP contribution < -0.4 is 4.90 Å². The Balaban J connectivity index is 1.34. The van der Waals surface area contributed by atoms with Crippen LogP contribution in [0.3, 0.4) is 0 Å². The lowest BCUT2D eigenvalue weighted by Gasteiger charge is -2.34. The highest BCUT2D eigenvalue weighted by molar-refractivity contribution is 7.14. The number of anilines is 2. The van der Waals surface area contributed by atoms with E-state index in [0.29, 0.717) is 10.8 Å². The zero-order valence-electron chi connectivity index (χ0n) is 17.3. The van der Waals surface area contributed by atoms with Gasteiger partial charge in [0.1, 0.15) is 0 Å². The summed E-state index contributed by atoms with van der Waals surface area (Å²) in [5.74, 6) is -0.108. The first-order valence-electron chi connectivity index (χ1n) is 10.1. The lowest BCUT2D eigenvalue weighted by Crippen LogP contribution is -2.47. The number of piperazine rings is 1. The van der Waals surface area contributed by atoms with Crippen molar-refractivity contribution in [2.24, 2.45) is 0 Å². The van der Waals surface area contributed by atoms with Gasteiger partial charge in [-0.15, -0.1) is 11.3 Å². The third-order valence-corrected chi connectivity index (χ3v) is 6.67. The van der Waals surface area contributed by atoms with Crippen LogP contribution in [0.15, 0.2) is 58.6 Å². The number of carbonyl (C=O) groups is 2. The second kappa shape index (κ2) is 10.00. The minimum absolute atomic E-state index is 0.00350. The number of hydrogen-bond acceptors (Lipinski definition) is 6. The monoisotopic (exact) mass is 452 g/mol. The number of para-hydroxylation sites is 1. The van der Waals surface area contributed by atoms with Crippen molar-refractivity contribution in [3.8, 4) is 0 Å². The molecule has 160 valence electrons. The summed E-state index contributed by atoms with van der Waals surface area (Å²) in [5, 5.41) is 6.72. The molecule has 3 heterocycles. The molecule has 31 heavy (non-hydrogen) atoms. The van der Waals surface area contributed by atoms with Crippen LogP contribution in [0.1, 0.15) is 18.2 Å². The van der Waals surface area contributed by atoms with E-state index in [1.54, 1.807) is 28.4 Å². The van der Waals surface area contributed by atoms with E-state index in [1.165, 1.54) is 23.8 Å². The Labute approximate surface area is 190 Å². The van der Waals surface area contributed by atoms with Gasteiger partial charge in [0.25, 0.3) is 0 Å². The van der Waals surface area contributed by atoms with Crippen molar-refractivity contribution in [1.29, 1.82) is 0 Å². The van der Waals surface area contributed by atoms with E-state index in [1.807, 2.05) is 40.6 Å². The van der Waals surface area contributed by atoms with Crippen LogP contribution in [0, 0.1) is 0 Å². The fourth-order valence-corrected chi connectivity index (χ4v) is 5.00. The molecule has 0 atom stereocenters. The third-order valence-electron chi connectivity index (χ3n) is 5.10. The summed E-state index contributed by atoms with van der Waals surface area (Å²) in [5.41, 5.74) is 2.78. The van der Waals surface area contributed by atoms with E-state index in [4.69, 9.17) is 0 Å². The van der Waals surface area contributed by atoms with Crippen molar-refractivity contribution in [1.82, 2.24) is 14.8 Å². The zero-order valence-corrected chi connectivity index (χ0v) is 18.9. The molecule has 1 aliphatic rings. The highest BCUT2D eigenvalue weighted by Crippen LogP contribution is 2.29. The van der Waals surface area contributed by atoms with Crippen molar-refractivity contribution in [3.63, 3.8) is 0 Å². The van der Waals surface area contributed by atoms with Crippen LogP contribution in [0.25, 0.3) is 6.08 Å². The predicted molar refractivity (Wildman–Crippen MR) is 127 cm³/mol. The maximum Gasteiger partial charge on any atom is 0.246 e. The number of amides is 2. The second-order valence-electron chi connectivity index (χ2n) is 7.31. The minimum atomic E-state index is -0.104. The third kappa shape index (κ3) is 5.46. The Morgan fingerprint density at radius 3 is 2.55 bits per heavy atom. The minimum Gasteiger partial charge on any atom is -0.337 e. The quantitative estimate of drug-likeness (QED) is 0.525. The van der Waals surface area contributed by atoms with Gasteiger partial charge in [-0.1, -0.05) is 18.2 Å². The van der Waals surface area contributed by atoms with Crippen LogP contribution in [0.4, 0.5) is 10.8 Å². The van der Waals surface area contributed by atoms with Gasteiger partial charge in [0.2, 0.25) is 11.8 Å². The van der Waals surface area contributed by atoms with Gasteiger partial charge in [-0.05, 0) is 40.6 Å². The molecule has 6 nitrogen and oxygen atoms in total. The van der Waals surface area contributed by atoms with Crippen LogP contribution in [-0.2, 0) is 16.1 Å². The fourth-order valence-electron chi connectivity index (χ4n) is 3.49. The normalized spacial score (nSPS) is 14.8. The van der Waals surface area contributed by atoms with Gasteiger partial charge in [0.15, 0.2) is 5.13 Å². The molecule has 3 aromatic rings. The van der Waals surface area contributed by atoms with Crippen LogP contribution in [0.2, 0.25) is 0 Å². The largest absolute Gasteiger partial charge is 0.337 e. The number of hydrogen-bond donors (Lipinski definition) is 0. The van der Waals surface area contributed by atoms with Gasteiger partial charge in [0, 0.05) is 51.1 Å². The molecule has 2 amide bonds. The maximum atomic E-state index is 12.6. The van der Waals surface area contributed by atoms with Gasteiger partial charge in [-0.2, -0.15) is 11.3 Å². The number of thiophene rings is 1. The zero-order chi connectivity index (χ0) is 21.6. The van der Waals surface area contributed by atoms with Crippen molar-refractivity contribution in [3.05, 3.63) is 69.9 Å². The Kier molecular flexibility index (Phi) is 6.91. The molecule has 2 aromatic heterocycles. The Bertz CT molecular complexity index is 1040. The summed E-state index contributed by atoms with van der Waals surface area (Å²) in [6.07, 6.45) is 3.30. The molecule has 0 spiro atoms. The Morgan fingerprint density at radius 1 is 1.10 bits per heavy atom. The molecule has 0 aliphatic carbocycles. The summed E-state index contributed by atoms with van der Waals surface area (Å²) in [4.78, 5) is 35.1. The number of rotatable bonds is 6. The van der Waals surface area contributed by atoms with E-state index in [0.717, 1.165) is 38.4 Å². The molecule has 1 aliphatic heterocycles. The van der Waals surface area contributed by atoms with Crippen LogP contribution in [-0.4, -0.2) is 52.8 Å². The van der Waals surface area contributed by atoms with E-state index in [2.05, 4.69) is 26.7 Å². The number of carbonyl (C=O) groups excluding carboxylic acids is 2. The summed E-state index contributed by atoms with van der Waals surface area (Å²) < 4.78 is 0. The number of aromatic nitrogens is 1. The Morgan fingerprint density at radius 2 is 1.87 bits per heavy atom. The van der Waals surface area contributed by atoms with E-state index in [-0.39, 0.29) is 11.8 Å². The molecule has 0 bridgehead atoms. The van der Waals surface area contributed by atoms with Crippen molar-refractivity contribution in [2.75, 3.05) is 31.1 Å². The summed E-state index contributed by atoms with van der Waals surface area (Å²) >= 11 is 3.10. The summed E-state index contributed by atoms with van der Waals surface area (Å²) in [6.45, 7) is 5.66. The van der Waals surface area contributed by atoms with Crippen LogP contribution in [0.5, 0.6) is 0 Å². The first kappa shape index (κ1) is 21.4. The standard InChI is InChI=1S/C23H24N4O2S2/c1-18(28)27(21-5-3-2-4-6-21)23-24-20(17-31-23)7-8-22(29)26-12-10-25(11-13-26)15-19-9-14-30-16-19/h2-9,14,16-17H,10-13,15H2,1H3/b8-7+. The number of nitrogens with zero attached hydrogens (tertiary/aromatic N) is 4. The maximum absolute atomic E-state index is 12.6. The molecule has 0 unspecified atom stereocenters. The average molecular weight is 453 g/mol. The molecule has 0 saturated carbocycles. The highest BCUT2D eigenvalue weighted by Gasteiger charge is 2.20.